The minimum Gasteiger partial charge on any atom is -0.394 e. The van der Waals surface area contributed by atoms with Crippen molar-refractivity contribution < 1.29 is 129 Å². The molecule has 10 aromatic rings. The second-order valence-corrected chi connectivity index (χ2v) is 24.9. The Hall–Kier alpha value is -9.93. The molecule has 0 aromatic carbocycles. The summed E-state index contributed by atoms with van der Waals surface area (Å²) in [4.78, 5) is 23.4. The Bertz CT molecular complexity index is 4260. The summed E-state index contributed by atoms with van der Waals surface area (Å²) in [6, 6.07) is 1.71. The fraction of sp³-hybridized carbons (Fsp3) is 0.569. The van der Waals surface area contributed by atoms with Crippen LogP contribution in [0.2, 0.25) is 0 Å². The van der Waals surface area contributed by atoms with Crippen LogP contribution in [0.1, 0.15) is 55.9 Å². The fourth-order valence-electron chi connectivity index (χ4n) is 11.3. The summed E-state index contributed by atoms with van der Waals surface area (Å²) in [5, 5.41) is 221. The van der Waals surface area contributed by atoms with Crippen molar-refractivity contribution in [3.63, 3.8) is 0 Å². The van der Waals surface area contributed by atoms with Crippen LogP contribution in [-0.4, -0.2) is 376 Å². The first-order valence-electron chi connectivity index (χ1n) is 33.1. The molecule has 6 unspecified atom stereocenters. The van der Waals surface area contributed by atoms with Crippen molar-refractivity contribution in [3.8, 4) is 58.2 Å². The lowest BCUT2D eigenvalue weighted by atomic mass is 10.1. The topological polar surface area (TPSA) is 721 Å². The van der Waals surface area contributed by atoms with Gasteiger partial charge in [-0.05, 0) is 12.0 Å². The number of terminal acetylenes is 1. The molecular formula is C58H77F2N27O24. The van der Waals surface area contributed by atoms with Crippen molar-refractivity contribution in [2.24, 2.45) is 7.05 Å². The number of aromatic amines is 3. The quantitative estimate of drug-likeness (QED) is 0.0376. The zero-order chi connectivity index (χ0) is 79.7. The van der Waals surface area contributed by atoms with E-state index in [1.165, 1.54) is 61.2 Å². The van der Waals surface area contributed by atoms with E-state index in [9.17, 15) is 70.1 Å². The van der Waals surface area contributed by atoms with Gasteiger partial charge in [0.2, 0.25) is 17.5 Å². The molecule has 10 aromatic heterocycles. The summed E-state index contributed by atoms with van der Waals surface area (Å²) in [7, 11) is 1.78. The number of hydrogen-bond acceptors (Lipinski definition) is 41. The van der Waals surface area contributed by atoms with E-state index in [1.54, 1.807) is 48.8 Å². The SMILES string of the molecule is C#Cc1ncn([C@@H]2O[C@H](CO)C(O)[C@@H]2O)n1.CC(F)(F)c1ncn([C@@H]2O[C@H](CO)C(O)[C@@H]2O)n1.Cn1cc(-c2ncn([C@@H]3O[C@H](CO)C(O)[C@@H]3O)n2)cn1.OC[C@H]1O[C@@H](n2cnc(-c3ccn[nH]3)n2)[C@@H](O)C1O.OC[C@H]1O[C@@H](n2cnc(-c3cn[nH]c3)n2)[C@@H](O)C1O.OC[C@H]1O[C@@H](n2cnc(-c3cn[nH]n3)n2)[C@@H](O)C1O. The number of halogens is 2. The molecule has 0 saturated carbocycles. The third-order valence-corrected chi connectivity index (χ3v) is 17.3. The van der Waals surface area contributed by atoms with Gasteiger partial charge in [-0.25, -0.2) is 58.0 Å². The lowest BCUT2D eigenvalue weighted by molar-refractivity contribution is -0.0603. The normalized spacial score (nSPS) is 31.5. The van der Waals surface area contributed by atoms with Gasteiger partial charge >= 0.3 is 5.92 Å². The highest BCUT2D eigenvalue weighted by Gasteiger charge is 2.49. The molecule has 21 N–H and O–H groups in total. The van der Waals surface area contributed by atoms with E-state index in [4.69, 9.17) is 65.5 Å². The number of aliphatic hydroxyl groups excluding tert-OH is 18. The average molecular weight is 1570 g/mol. The van der Waals surface area contributed by atoms with E-state index in [0.717, 1.165) is 16.6 Å². The van der Waals surface area contributed by atoms with Crippen LogP contribution in [-0.2, 0) is 41.4 Å². The lowest BCUT2D eigenvalue weighted by Crippen LogP contribution is -2.33. The molecule has 51 nitrogen and oxygen atoms in total. The van der Waals surface area contributed by atoms with Crippen molar-refractivity contribution in [2.45, 2.75) is 160 Å². The molecular weight excluding hydrogens is 1500 g/mol. The third kappa shape index (κ3) is 18.2. The van der Waals surface area contributed by atoms with Gasteiger partial charge in [-0.2, -0.15) is 39.5 Å². The van der Waals surface area contributed by atoms with Crippen LogP contribution in [0.25, 0.3) is 45.8 Å². The summed E-state index contributed by atoms with van der Waals surface area (Å²) in [6.07, 6.45) is -2.58. The number of ether oxygens (including phenoxy) is 6. The lowest BCUT2D eigenvalue weighted by Gasteiger charge is -2.14. The van der Waals surface area contributed by atoms with Crippen LogP contribution in [0, 0.1) is 12.3 Å². The fourth-order valence-corrected chi connectivity index (χ4v) is 11.3. The molecule has 24 atom stereocenters. The molecule has 6 saturated heterocycles. The molecule has 0 spiro atoms. The Morgan fingerprint density at radius 2 is 0.811 bits per heavy atom. The number of rotatable bonds is 17. The predicted molar refractivity (Wildman–Crippen MR) is 348 cm³/mol. The summed E-state index contributed by atoms with van der Waals surface area (Å²) in [6.45, 7) is -1.76. The standard InChI is InChI=1S/C11H15N5O4.2C10H13N5O4.C9H13F2N3O4.C9H12N6O4.C9H11N3O4/c1-15-3-6(2-13-15)10-12-5-16(14-10)11-9(19)8(18)7(4-17)20-11;16-3-6-7(17)8(18)10(19-6)15-4-11-9(14-15)5-1-12-13-2-5;16-3-6-7(17)8(18)10(19-6)15-4-11-9(14-15)5-1-2-12-13-5;1-9(10,11)8-12-3-14(13-8)7-6(17)5(16)4(2-15)18-7;16-2-5-6(17)7(18)9(19-5)15-3-10-8(13-15)4-1-11-14-12-4;1-2-6-10-4-12(11-6)9-8(15)7(14)5(3-13)16-9/h2-3,5,7-9,11,17-19H,4H2,1H3;2*1-2,4,6-8,10,16-18H,3H2,(H,12,13);3-7,15-17H,2H2,1H3;1,3,5-7,9,16-18H,2H2,(H,11,12,14);1,4-5,7-9,13-15H,3H2/t7-,8?,9+,11-;2*6-,7?,8+,10-;4-,5?,6+,7-;5-,6?,7+,9-;5-,7?,8+,9-/m111111/s1. The average Bonchev–Trinajstić information content (AvgIpc) is 1.71. The molecule has 0 bridgehead atoms. The van der Waals surface area contributed by atoms with E-state index < -0.39 is 166 Å². The number of nitrogens with zero attached hydrogens (tertiary/aromatic N) is 24. The van der Waals surface area contributed by atoms with Gasteiger partial charge in [0.15, 0.2) is 60.5 Å². The summed E-state index contributed by atoms with van der Waals surface area (Å²) in [5.74, 6) is 0.0550. The van der Waals surface area contributed by atoms with Crippen LogP contribution in [0.5, 0.6) is 0 Å². The number of alkyl halides is 2. The zero-order valence-corrected chi connectivity index (χ0v) is 57.7. The largest absolute Gasteiger partial charge is 0.394 e. The maximum Gasteiger partial charge on any atom is 0.305 e. The first-order valence-corrected chi connectivity index (χ1v) is 33.1. The Kier molecular flexibility index (Phi) is 26.6. The van der Waals surface area contributed by atoms with Crippen molar-refractivity contribution >= 4 is 0 Å². The van der Waals surface area contributed by atoms with Gasteiger partial charge in [0.25, 0.3) is 0 Å². The Balaban J connectivity index is 0.000000132. The predicted octanol–water partition coefficient (Wildman–Crippen LogP) is -10.6. The van der Waals surface area contributed by atoms with E-state index in [0.29, 0.717) is 47.2 Å². The maximum absolute atomic E-state index is 12.9. The van der Waals surface area contributed by atoms with E-state index in [1.807, 2.05) is 0 Å². The second-order valence-electron chi connectivity index (χ2n) is 24.9. The summed E-state index contributed by atoms with van der Waals surface area (Å²) < 4.78 is 66.5. The van der Waals surface area contributed by atoms with Crippen molar-refractivity contribution in [1.29, 1.82) is 0 Å². The summed E-state index contributed by atoms with van der Waals surface area (Å²) in [5.41, 5.74) is 2.51. The molecule has 0 amide bonds. The van der Waals surface area contributed by atoms with Crippen molar-refractivity contribution in [2.75, 3.05) is 39.6 Å². The van der Waals surface area contributed by atoms with Gasteiger partial charge in [0.05, 0.1) is 69.4 Å². The molecule has 6 aliphatic rings. The van der Waals surface area contributed by atoms with Crippen LogP contribution in [0.15, 0.2) is 81.2 Å². The van der Waals surface area contributed by atoms with Gasteiger partial charge in [-0.3, -0.25) is 14.9 Å². The summed E-state index contributed by atoms with van der Waals surface area (Å²) >= 11 is 0. The van der Waals surface area contributed by atoms with Crippen molar-refractivity contribution in [1.82, 2.24) is 134 Å². The van der Waals surface area contributed by atoms with Gasteiger partial charge in [-0.15, -0.1) is 37.0 Å². The molecule has 0 aliphatic carbocycles. The molecule has 0 radical (unpaired) electrons. The minimum atomic E-state index is -3.20. The first-order chi connectivity index (χ1) is 53.2. The van der Waals surface area contributed by atoms with Crippen LogP contribution < -0.4 is 0 Å². The van der Waals surface area contributed by atoms with Crippen molar-refractivity contribution in [3.05, 3.63) is 92.9 Å². The molecule has 16 rings (SSSR count). The number of aromatic nitrogens is 27. The van der Waals surface area contributed by atoms with Crippen LogP contribution in [0.4, 0.5) is 8.78 Å². The minimum absolute atomic E-state index is 0.165. The van der Waals surface area contributed by atoms with Crippen LogP contribution in [0.3, 0.4) is 0 Å². The number of H-pyrrole nitrogens is 3. The molecule has 6 aliphatic heterocycles. The maximum atomic E-state index is 12.9. The Labute approximate surface area is 619 Å². The Morgan fingerprint density at radius 3 is 1.14 bits per heavy atom. The van der Waals surface area contributed by atoms with E-state index >= 15 is 0 Å². The third-order valence-electron chi connectivity index (χ3n) is 17.3. The smallest absolute Gasteiger partial charge is 0.305 e. The zero-order valence-electron chi connectivity index (χ0n) is 57.7. The number of hydrogen-bond donors (Lipinski definition) is 21. The van der Waals surface area contributed by atoms with Gasteiger partial charge < -0.3 is 120 Å². The molecule has 16 heterocycles. The van der Waals surface area contributed by atoms with E-state index in [2.05, 4.69) is 107 Å². The van der Waals surface area contributed by atoms with Gasteiger partial charge in [0.1, 0.15) is 154 Å². The monoisotopic (exact) mass is 1570 g/mol. The molecule has 111 heavy (non-hydrogen) atoms. The molecule has 602 valence electrons. The number of aliphatic hydroxyl groups is 18. The highest BCUT2D eigenvalue weighted by molar-refractivity contribution is 5.51. The van der Waals surface area contributed by atoms with Crippen LogP contribution >= 0.6 is 0 Å². The first kappa shape index (κ1) is 82.0. The highest BCUT2D eigenvalue weighted by Crippen LogP contribution is 2.35. The highest BCUT2D eigenvalue weighted by atomic mass is 19.3. The Morgan fingerprint density at radius 1 is 0.441 bits per heavy atom. The number of aryl methyl sites for hydroxylation is 1. The second kappa shape index (κ2) is 36.0. The molecule has 6 fully saturated rings. The van der Waals surface area contributed by atoms with E-state index in [-0.39, 0.29) is 38.9 Å². The van der Waals surface area contributed by atoms with Gasteiger partial charge in [-0.1, -0.05) is 0 Å². The molecule has 53 heteroatoms. The number of nitrogens with one attached hydrogen (secondary N) is 3. The van der Waals surface area contributed by atoms with Gasteiger partial charge in [0, 0.05) is 32.6 Å².